The molecule has 3 aromatic rings. The number of benzene rings is 2. The Morgan fingerprint density at radius 2 is 1.75 bits per heavy atom. The molecule has 0 aliphatic rings. The summed E-state index contributed by atoms with van der Waals surface area (Å²) in [5, 5.41) is 8.57. The van der Waals surface area contributed by atoms with E-state index in [1.165, 1.54) is 10.2 Å². The van der Waals surface area contributed by atoms with Crippen LogP contribution in [0.1, 0.15) is 60.8 Å². The number of rotatable bonds is 7. The topological polar surface area (TPSA) is 64.0 Å². The maximum Gasteiger partial charge on any atom is 0.274 e. The second-order valence-corrected chi connectivity index (χ2v) is 7.24. The Bertz CT molecular complexity index is 1020. The van der Waals surface area contributed by atoms with Crippen molar-refractivity contribution in [3.05, 3.63) is 75.7 Å². The number of aryl methyl sites for hydroxylation is 2. The molecule has 0 fully saturated rings. The first-order valence-corrected chi connectivity index (χ1v) is 9.88. The zero-order valence-corrected chi connectivity index (χ0v) is 16.7. The molecule has 0 aliphatic carbocycles. The molecular weight excluding hydrogens is 350 g/mol. The number of aromatic nitrogens is 2. The van der Waals surface area contributed by atoms with Gasteiger partial charge in [0.25, 0.3) is 11.5 Å². The fourth-order valence-corrected chi connectivity index (χ4v) is 3.27. The van der Waals surface area contributed by atoms with Gasteiger partial charge in [0.15, 0.2) is 5.69 Å². The molecule has 0 aliphatic heterocycles. The van der Waals surface area contributed by atoms with Crippen molar-refractivity contribution in [1.29, 1.82) is 0 Å². The maximum absolute atomic E-state index is 13.0. The number of fused-ring (bicyclic) bond motifs is 1. The van der Waals surface area contributed by atoms with Crippen LogP contribution in [0.25, 0.3) is 10.8 Å². The van der Waals surface area contributed by atoms with E-state index < -0.39 is 0 Å². The molecule has 0 saturated heterocycles. The Morgan fingerprint density at radius 1 is 1.07 bits per heavy atom. The van der Waals surface area contributed by atoms with Gasteiger partial charge in [-0.1, -0.05) is 67.8 Å². The van der Waals surface area contributed by atoms with Crippen molar-refractivity contribution in [2.45, 2.75) is 52.6 Å². The van der Waals surface area contributed by atoms with Crippen molar-refractivity contribution >= 4 is 16.7 Å². The van der Waals surface area contributed by atoms with Gasteiger partial charge in [-0.3, -0.25) is 9.59 Å². The third kappa shape index (κ3) is 4.30. The van der Waals surface area contributed by atoms with Gasteiger partial charge in [-0.05, 0) is 31.9 Å². The summed E-state index contributed by atoms with van der Waals surface area (Å²) in [6, 6.07) is 15.1. The molecule has 1 unspecified atom stereocenters. The van der Waals surface area contributed by atoms with E-state index >= 15 is 0 Å². The van der Waals surface area contributed by atoms with Gasteiger partial charge in [0.1, 0.15) is 0 Å². The standard InChI is InChI=1S/C23H27N3O2/c1-4-5-8-15-26-23(28)20-10-7-6-9-19(20)21(25-26)22(27)24-17(3)18-13-11-16(2)12-14-18/h6-7,9-14,17H,4-5,8,15H2,1-3H3,(H,24,27). The molecule has 146 valence electrons. The predicted molar refractivity (Wildman–Crippen MR) is 113 cm³/mol. The molecule has 3 rings (SSSR count). The lowest BCUT2D eigenvalue weighted by Gasteiger charge is -2.16. The second-order valence-electron chi connectivity index (χ2n) is 7.24. The maximum atomic E-state index is 13.0. The van der Waals surface area contributed by atoms with Crippen molar-refractivity contribution in [2.24, 2.45) is 0 Å². The lowest BCUT2D eigenvalue weighted by molar-refractivity contribution is 0.0934. The largest absolute Gasteiger partial charge is 0.344 e. The van der Waals surface area contributed by atoms with Crippen LogP contribution < -0.4 is 10.9 Å². The zero-order valence-electron chi connectivity index (χ0n) is 16.7. The van der Waals surface area contributed by atoms with Crippen LogP contribution in [0.3, 0.4) is 0 Å². The smallest absolute Gasteiger partial charge is 0.274 e. The van der Waals surface area contributed by atoms with E-state index in [2.05, 4.69) is 17.3 Å². The van der Waals surface area contributed by atoms with Gasteiger partial charge in [-0.2, -0.15) is 5.10 Å². The molecule has 1 aromatic heterocycles. The Labute approximate surface area is 165 Å². The summed E-state index contributed by atoms with van der Waals surface area (Å²) in [7, 11) is 0. The molecule has 1 amide bonds. The summed E-state index contributed by atoms with van der Waals surface area (Å²) in [4.78, 5) is 25.8. The molecule has 1 atom stereocenters. The van der Waals surface area contributed by atoms with Gasteiger partial charge < -0.3 is 5.32 Å². The molecule has 2 aromatic carbocycles. The quantitative estimate of drug-likeness (QED) is 0.621. The van der Waals surface area contributed by atoms with Crippen LogP contribution in [-0.2, 0) is 6.54 Å². The average molecular weight is 377 g/mol. The van der Waals surface area contributed by atoms with E-state index in [0.717, 1.165) is 24.8 Å². The molecule has 28 heavy (non-hydrogen) atoms. The SMILES string of the molecule is CCCCCn1nc(C(=O)NC(C)c2ccc(C)cc2)c2ccccc2c1=O. The number of nitrogens with one attached hydrogen (secondary N) is 1. The fourth-order valence-electron chi connectivity index (χ4n) is 3.27. The highest BCUT2D eigenvalue weighted by Gasteiger charge is 2.18. The van der Waals surface area contributed by atoms with Crippen LogP contribution in [0.2, 0.25) is 0 Å². The lowest BCUT2D eigenvalue weighted by Crippen LogP contribution is -2.32. The van der Waals surface area contributed by atoms with Crippen LogP contribution >= 0.6 is 0 Å². The molecule has 5 heteroatoms. The molecule has 5 nitrogen and oxygen atoms in total. The van der Waals surface area contributed by atoms with E-state index in [1.54, 1.807) is 12.1 Å². The zero-order chi connectivity index (χ0) is 20.1. The van der Waals surface area contributed by atoms with Crippen molar-refractivity contribution < 1.29 is 4.79 Å². The number of carbonyl (C=O) groups is 1. The summed E-state index contributed by atoms with van der Waals surface area (Å²) in [6.07, 6.45) is 2.94. The summed E-state index contributed by atoms with van der Waals surface area (Å²) in [6.45, 7) is 6.61. The minimum absolute atomic E-state index is 0.144. The van der Waals surface area contributed by atoms with Gasteiger partial charge in [0.2, 0.25) is 0 Å². The summed E-state index contributed by atoms with van der Waals surface area (Å²) in [5.74, 6) is -0.270. The van der Waals surface area contributed by atoms with E-state index in [0.29, 0.717) is 23.0 Å². The summed E-state index contributed by atoms with van der Waals surface area (Å²) < 4.78 is 1.43. The number of amides is 1. The van der Waals surface area contributed by atoms with E-state index in [9.17, 15) is 9.59 Å². The number of nitrogens with zero attached hydrogens (tertiary/aromatic N) is 2. The van der Waals surface area contributed by atoms with Crippen LogP contribution in [0, 0.1) is 6.92 Å². The van der Waals surface area contributed by atoms with E-state index in [1.807, 2.05) is 50.2 Å². The van der Waals surface area contributed by atoms with Crippen molar-refractivity contribution in [1.82, 2.24) is 15.1 Å². The Kier molecular flexibility index (Phi) is 6.24. The number of hydrogen-bond acceptors (Lipinski definition) is 3. The van der Waals surface area contributed by atoms with Crippen LogP contribution in [0.15, 0.2) is 53.3 Å². The van der Waals surface area contributed by atoms with Gasteiger partial charge >= 0.3 is 0 Å². The Hall–Kier alpha value is -2.95. The second kappa shape index (κ2) is 8.83. The summed E-state index contributed by atoms with van der Waals surface area (Å²) >= 11 is 0. The molecule has 1 N–H and O–H groups in total. The van der Waals surface area contributed by atoms with Crippen molar-refractivity contribution in [3.63, 3.8) is 0 Å². The van der Waals surface area contributed by atoms with Crippen LogP contribution in [0.4, 0.5) is 0 Å². The first kappa shape index (κ1) is 19.8. The first-order chi connectivity index (χ1) is 13.5. The van der Waals surface area contributed by atoms with Crippen LogP contribution in [0.5, 0.6) is 0 Å². The van der Waals surface area contributed by atoms with Crippen molar-refractivity contribution in [2.75, 3.05) is 0 Å². The highest BCUT2D eigenvalue weighted by Crippen LogP contribution is 2.17. The highest BCUT2D eigenvalue weighted by molar-refractivity contribution is 6.04. The van der Waals surface area contributed by atoms with E-state index in [4.69, 9.17) is 0 Å². The number of unbranched alkanes of at least 4 members (excludes halogenated alkanes) is 2. The monoisotopic (exact) mass is 377 g/mol. The third-order valence-electron chi connectivity index (χ3n) is 4.98. The lowest BCUT2D eigenvalue weighted by atomic mass is 10.1. The molecule has 0 spiro atoms. The Morgan fingerprint density at radius 3 is 2.43 bits per heavy atom. The number of hydrogen-bond donors (Lipinski definition) is 1. The van der Waals surface area contributed by atoms with Crippen LogP contribution in [-0.4, -0.2) is 15.7 Å². The molecular formula is C23H27N3O2. The first-order valence-electron chi connectivity index (χ1n) is 9.88. The predicted octanol–water partition coefficient (Wildman–Crippen LogP) is 4.39. The minimum Gasteiger partial charge on any atom is -0.344 e. The molecule has 0 radical (unpaired) electrons. The third-order valence-corrected chi connectivity index (χ3v) is 4.98. The number of carbonyl (C=O) groups excluding carboxylic acids is 1. The highest BCUT2D eigenvalue weighted by atomic mass is 16.2. The van der Waals surface area contributed by atoms with Gasteiger partial charge in [0, 0.05) is 11.9 Å². The van der Waals surface area contributed by atoms with Crippen molar-refractivity contribution in [3.8, 4) is 0 Å². The molecule has 1 heterocycles. The summed E-state index contributed by atoms with van der Waals surface area (Å²) in [5.41, 5.74) is 2.36. The molecule has 0 saturated carbocycles. The minimum atomic E-state index is -0.270. The normalized spacial score (nSPS) is 12.1. The Balaban J connectivity index is 1.93. The fraction of sp³-hybridized carbons (Fsp3) is 0.348. The van der Waals surface area contributed by atoms with Gasteiger partial charge in [0.05, 0.1) is 11.4 Å². The van der Waals surface area contributed by atoms with Gasteiger partial charge in [-0.15, -0.1) is 0 Å². The average Bonchev–Trinajstić information content (AvgIpc) is 2.70. The van der Waals surface area contributed by atoms with E-state index in [-0.39, 0.29) is 17.5 Å². The molecule has 0 bridgehead atoms. The van der Waals surface area contributed by atoms with Gasteiger partial charge in [-0.25, -0.2) is 4.68 Å².